The number of nitrogens with one attached hydrogen (secondary N) is 1. The van der Waals surface area contributed by atoms with E-state index in [2.05, 4.69) is 32.2 Å². The van der Waals surface area contributed by atoms with Crippen LogP contribution in [0.3, 0.4) is 0 Å². The molecule has 2 saturated heterocycles. The molecule has 2 unspecified atom stereocenters. The molecule has 2 atom stereocenters. The molecule has 2 aliphatic carbocycles. The third-order valence-corrected chi connectivity index (χ3v) is 10.5. The van der Waals surface area contributed by atoms with Gasteiger partial charge in [0.15, 0.2) is 11.6 Å². The Morgan fingerprint density at radius 1 is 0.978 bits per heavy atom. The lowest BCUT2D eigenvalue weighted by atomic mass is 9.69. The number of carbonyl (C=O) groups excluding carboxylic acids is 2. The minimum atomic E-state index is -0.898. The van der Waals surface area contributed by atoms with Crippen LogP contribution < -0.4 is 15.8 Å². The Morgan fingerprint density at radius 2 is 1.78 bits per heavy atom. The normalized spacial score (nSPS) is 22.7. The van der Waals surface area contributed by atoms with Gasteiger partial charge in [0.05, 0.1) is 11.6 Å². The van der Waals surface area contributed by atoms with Crippen LogP contribution in [-0.2, 0) is 6.42 Å². The van der Waals surface area contributed by atoms with Crippen LogP contribution in [0.1, 0.15) is 71.9 Å². The van der Waals surface area contributed by atoms with Crippen LogP contribution in [0.5, 0.6) is 0 Å². The Kier molecular flexibility index (Phi) is 6.64. The van der Waals surface area contributed by atoms with E-state index in [0.29, 0.717) is 35.0 Å². The lowest BCUT2D eigenvalue weighted by Gasteiger charge is -2.39. The van der Waals surface area contributed by atoms with Gasteiger partial charge < -0.3 is 10.2 Å². The number of Topliss-reactive ketones (excluding diaryl/α,β-unsaturated/α-hetero) is 2. The lowest BCUT2D eigenvalue weighted by Crippen LogP contribution is -2.50. The zero-order valence-electron chi connectivity index (χ0n) is 25.8. The van der Waals surface area contributed by atoms with Crippen molar-refractivity contribution in [1.82, 2.24) is 19.4 Å². The van der Waals surface area contributed by atoms with Crippen molar-refractivity contribution in [3.8, 4) is 0 Å². The van der Waals surface area contributed by atoms with E-state index >= 15 is 0 Å². The Morgan fingerprint density at radius 3 is 2.58 bits per heavy atom. The highest BCUT2D eigenvalue weighted by molar-refractivity contribution is 6.03. The minimum Gasteiger partial charge on any atom is -0.369 e. The molecule has 3 fully saturated rings. The molecule has 45 heavy (non-hydrogen) atoms. The molecule has 0 amide bonds. The van der Waals surface area contributed by atoms with Crippen molar-refractivity contribution in [3.05, 3.63) is 87.8 Å². The molecule has 1 saturated carbocycles. The summed E-state index contributed by atoms with van der Waals surface area (Å²) in [6, 6.07) is 17.7. The van der Waals surface area contributed by atoms with Crippen molar-refractivity contribution in [2.75, 3.05) is 36.4 Å². The first-order valence-corrected chi connectivity index (χ1v) is 16.2. The van der Waals surface area contributed by atoms with Crippen LogP contribution >= 0.6 is 0 Å². The fraction of sp³-hybridized carbons (Fsp3) is 0.417. The Labute approximate surface area is 262 Å². The average molecular weight is 603 g/mol. The maximum absolute atomic E-state index is 14.2. The Hall–Kier alpha value is -4.37. The zero-order valence-corrected chi connectivity index (χ0v) is 25.8. The molecule has 9 nitrogen and oxygen atoms in total. The van der Waals surface area contributed by atoms with E-state index in [1.54, 1.807) is 16.8 Å². The highest BCUT2D eigenvalue weighted by atomic mass is 16.2. The van der Waals surface area contributed by atoms with E-state index in [-0.39, 0.29) is 28.6 Å². The highest BCUT2D eigenvalue weighted by Crippen LogP contribution is 2.43. The van der Waals surface area contributed by atoms with Gasteiger partial charge in [0, 0.05) is 65.5 Å². The summed E-state index contributed by atoms with van der Waals surface area (Å²) in [6.45, 7) is 8.20. The third kappa shape index (κ3) is 4.84. The van der Waals surface area contributed by atoms with Gasteiger partial charge in [-0.15, -0.1) is 0 Å². The van der Waals surface area contributed by atoms with Crippen molar-refractivity contribution in [3.63, 3.8) is 0 Å². The molecule has 9 heteroatoms. The summed E-state index contributed by atoms with van der Waals surface area (Å²) in [5, 5.41) is 3.93. The molecular weight excluding hydrogens is 564 g/mol. The van der Waals surface area contributed by atoms with Crippen molar-refractivity contribution < 1.29 is 9.59 Å². The first-order valence-electron chi connectivity index (χ1n) is 16.2. The molecule has 2 aromatic heterocycles. The smallest absolute Gasteiger partial charge is 0.263 e. The molecule has 4 aliphatic rings. The Bertz CT molecular complexity index is 1890. The van der Waals surface area contributed by atoms with Gasteiger partial charge >= 0.3 is 0 Å². The molecule has 230 valence electrons. The number of aromatic nitrogens is 3. The second-order valence-corrected chi connectivity index (χ2v) is 13.7. The van der Waals surface area contributed by atoms with E-state index in [1.807, 2.05) is 50.2 Å². The van der Waals surface area contributed by atoms with Crippen molar-refractivity contribution in [2.45, 2.75) is 58.0 Å². The number of benzene rings is 2. The maximum atomic E-state index is 14.2. The zero-order chi connectivity index (χ0) is 30.9. The van der Waals surface area contributed by atoms with Gasteiger partial charge in [-0.3, -0.25) is 23.9 Å². The van der Waals surface area contributed by atoms with Crippen molar-refractivity contribution >= 4 is 39.9 Å². The second-order valence-electron chi connectivity index (χ2n) is 13.7. The van der Waals surface area contributed by atoms with Crippen LogP contribution in [0.2, 0.25) is 0 Å². The standard InChI is InChI=1S/C36H38N6O3/c1-36(2)30(19-23-6-3-4-8-28(23)32(36)44)42-33-24(18-29(34(42)45)31(43)22-9-10-22)20-37-35(39-33)38-25-11-13-26(14-12-25)41-17-16-40-15-5-7-27(40)21-41/h3-4,6,8,11-14,18,20,22,27,30H,5,7,9-10,15-17,19,21H2,1-2H3,(H,37,38,39). The summed E-state index contributed by atoms with van der Waals surface area (Å²) in [5.41, 5.74) is 2.92. The van der Waals surface area contributed by atoms with Gasteiger partial charge in [-0.05, 0) is 74.5 Å². The van der Waals surface area contributed by atoms with Gasteiger partial charge in [-0.2, -0.15) is 4.98 Å². The number of piperazine rings is 1. The van der Waals surface area contributed by atoms with Crippen LogP contribution in [-0.4, -0.2) is 63.2 Å². The SMILES string of the molecule is CC1(C)C(=O)c2ccccc2CC1n1c(=O)c(C(=O)C2CC2)cc2cnc(Nc3ccc(N4CCN5CCCC5C4)cc3)nc21. The summed E-state index contributed by atoms with van der Waals surface area (Å²) in [4.78, 5) is 55.8. The van der Waals surface area contributed by atoms with E-state index in [1.165, 1.54) is 25.1 Å². The second kappa shape index (κ2) is 10.6. The van der Waals surface area contributed by atoms with Crippen LogP contribution in [0.15, 0.2) is 65.6 Å². The average Bonchev–Trinajstić information content (AvgIpc) is 3.80. The number of pyridine rings is 1. The van der Waals surface area contributed by atoms with E-state index in [4.69, 9.17) is 4.98 Å². The fourth-order valence-corrected chi connectivity index (χ4v) is 7.62. The first kappa shape index (κ1) is 28.1. The van der Waals surface area contributed by atoms with Crippen LogP contribution in [0.25, 0.3) is 11.0 Å². The van der Waals surface area contributed by atoms with Gasteiger partial charge in [-0.1, -0.05) is 38.1 Å². The summed E-state index contributed by atoms with van der Waals surface area (Å²) < 4.78 is 1.61. The monoisotopic (exact) mass is 602 g/mol. The highest BCUT2D eigenvalue weighted by Gasteiger charge is 2.45. The molecule has 2 aliphatic heterocycles. The summed E-state index contributed by atoms with van der Waals surface area (Å²) in [6.07, 6.45) is 6.31. The minimum absolute atomic E-state index is 0.0184. The Balaban J connectivity index is 1.16. The number of fused-ring (bicyclic) bond motifs is 3. The van der Waals surface area contributed by atoms with E-state index in [9.17, 15) is 14.4 Å². The third-order valence-electron chi connectivity index (χ3n) is 10.5. The molecule has 4 heterocycles. The van der Waals surface area contributed by atoms with Crippen molar-refractivity contribution in [2.24, 2.45) is 11.3 Å². The quantitative estimate of drug-likeness (QED) is 0.292. The first-order chi connectivity index (χ1) is 21.8. The number of ketones is 2. The molecule has 8 rings (SSSR count). The largest absolute Gasteiger partial charge is 0.369 e. The van der Waals surface area contributed by atoms with Gasteiger partial charge in [0.1, 0.15) is 5.65 Å². The summed E-state index contributed by atoms with van der Waals surface area (Å²) in [5.74, 6) is 0.0876. The number of hydrogen-bond donors (Lipinski definition) is 1. The number of hydrogen-bond acceptors (Lipinski definition) is 8. The number of rotatable bonds is 6. The molecule has 1 N–H and O–H groups in total. The summed E-state index contributed by atoms with van der Waals surface area (Å²) >= 11 is 0. The molecule has 0 spiro atoms. The van der Waals surface area contributed by atoms with Gasteiger partial charge in [-0.25, -0.2) is 4.98 Å². The van der Waals surface area contributed by atoms with E-state index in [0.717, 1.165) is 43.7 Å². The van der Waals surface area contributed by atoms with E-state index < -0.39 is 11.5 Å². The topological polar surface area (TPSA) is 100 Å². The fourth-order valence-electron chi connectivity index (χ4n) is 7.62. The van der Waals surface area contributed by atoms with Crippen LogP contribution in [0, 0.1) is 11.3 Å². The molecular formula is C36H38N6O3. The number of nitrogens with zero attached hydrogens (tertiary/aromatic N) is 5. The van der Waals surface area contributed by atoms with Crippen LogP contribution in [0.4, 0.5) is 17.3 Å². The predicted molar refractivity (Wildman–Crippen MR) is 175 cm³/mol. The lowest BCUT2D eigenvalue weighted by molar-refractivity contribution is 0.0724. The molecule has 4 aromatic rings. The molecule has 0 radical (unpaired) electrons. The number of carbonyl (C=O) groups is 2. The van der Waals surface area contributed by atoms with Gasteiger partial charge in [0.25, 0.3) is 5.56 Å². The van der Waals surface area contributed by atoms with Gasteiger partial charge in [0.2, 0.25) is 5.95 Å². The number of anilines is 3. The predicted octanol–water partition coefficient (Wildman–Crippen LogP) is 5.42. The van der Waals surface area contributed by atoms with Crippen molar-refractivity contribution in [1.29, 1.82) is 0 Å². The maximum Gasteiger partial charge on any atom is 0.263 e. The molecule has 2 aromatic carbocycles. The molecule has 0 bridgehead atoms. The summed E-state index contributed by atoms with van der Waals surface area (Å²) in [7, 11) is 0.